The second-order valence-electron chi connectivity index (χ2n) is 6.88. The first kappa shape index (κ1) is 17.9. The number of rotatable bonds is 5. The maximum Gasteiger partial charge on any atom is 0.256 e. The molecule has 1 fully saturated rings. The van der Waals surface area contributed by atoms with Gasteiger partial charge in [0.05, 0.1) is 5.39 Å². The van der Waals surface area contributed by atoms with Gasteiger partial charge in [0.25, 0.3) is 5.91 Å². The number of hydrogen-bond donors (Lipinski definition) is 4. The van der Waals surface area contributed by atoms with E-state index in [1.54, 1.807) is 4.57 Å². The van der Waals surface area contributed by atoms with E-state index >= 15 is 0 Å². The quantitative estimate of drug-likeness (QED) is 0.516. The Bertz CT molecular complexity index is 1140. The van der Waals surface area contributed by atoms with Crippen molar-refractivity contribution >= 4 is 34.4 Å². The maximum atomic E-state index is 12.6. The van der Waals surface area contributed by atoms with Crippen LogP contribution in [0.2, 0.25) is 0 Å². The number of aromatic nitrogens is 3. The molecular weight excluding hydrogens is 358 g/mol. The molecule has 0 unspecified atom stereocenters. The molecule has 1 amide bonds. The van der Waals surface area contributed by atoms with E-state index in [1.807, 2.05) is 31.2 Å². The molecule has 7 N–H and O–H groups in total. The highest BCUT2D eigenvalue weighted by atomic mass is 16.2. The number of amides is 1. The van der Waals surface area contributed by atoms with Crippen molar-refractivity contribution < 1.29 is 4.79 Å². The zero-order valence-corrected chi connectivity index (χ0v) is 15.3. The Morgan fingerprint density at radius 2 is 2.00 bits per heavy atom. The van der Waals surface area contributed by atoms with Crippen LogP contribution < -0.4 is 27.9 Å². The molecular formula is C19H21N7O2. The Labute approximate surface area is 160 Å². The van der Waals surface area contributed by atoms with Crippen LogP contribution in [0.5, 0.6) is 0 Å². The highest BCUT2D eigenvalue weighted by Crippen LogP contribution is 2.39. The number of nitrogens with two attached hydrogens (primary N) is 3. The number of benzene rings is 1. The predicted molar refractivity (Wildman–Crippen MR) is 107 cm³/mol. The molecule has 28 heavy (non-hydrogen) atoms. The molecule has 4 rings (SSSR count). The normalized spacial score (nSPS) is 18.2. The van der Waals surface area contributed by atoms with Gasteiger partial charge >= 0.3 is 0 Å². The molecule has 2 heterocycles. The van der Waals surface area contributed by atoms with E-state index in [0.29, 0.717) is 24.1 Å². The lowest BCUT2D eigenvalue weighted by molar-refractivity contribution is 0.1000. The van der Waals surface area contributed by atoms with Crippen molar-refractivity contribution in [1.82, 2.24) is 14.5 Å². The standard InChI is InChI=1S/C19H21N7O2/c1-2-26-16(21)14(17(22)28)15(27)12-8-23-19(25-18(12)26)24-10-5-3-9(4-6-10)11-7-13(11)20/h3-6,8,11,13H,2,7,20-21H2,1H3,(H2,22,28)(H,23,24,25)/t11-,13+/m0/s1. The van der Waals surface area contributed by atoms with E-state index in [4.69, 9.17) is 17.2 Å². The second kappa shape index (κ2) is 6.61. The molecule has 1 aliphatic rings. The summed E-state index contributed by atoms with van der Waals surface area (Å²) in [6.45, 7) is 2.25. The minimum absolute atomic E-state index is 0.00211. The van der Waals surface area contributed by atoms with Crippen molar-refractivity contribution in [2.24, 2.45) is 11.5 Å². The summed E-state index contributed by atoms with van der Waals surface area (Å²) in [4.78, 5) is 32.8. The minimum Gasteiger partial charge on any atom is -0.384 e. The Balaban J connectivity index is 1.72. The Morgan fingerprint density at radius 3 is 2.57 bits per heavy atom. The summed E-state index contributed by atoms with van der Waals surface area (Å²) in [5.74, 6) is -0.116. The summed E-state index contributed by atoms with van der Waals surface area (Å²) >= 11 is 0. The lowest BCUT2D eigenvalue weighted by Crippen LogP contribution is -2.28. The number of anilines is 3. The number of carbonyl (C=O) groups excluding carboxylic acids is 1. The molecule has 3 aromatic rings. The van der Waals surface area contributed by atoms with E-state index < -0.39 is 11.3 Å². The van der Waals surface area contributed by atoms with Gasteiger partial charge in [0.15, 0.2) is 5.65 Å². The molecule has 9 heteroatoms. The van der Waals surface area contributed by atoms with Crippen molar-refractivity contribution in [2.45, 2.75) is 31.8 Å². The Hall–Kier alpha value is -3.46. The number of nitrogen functional groups attached to an aromatic ring is 1. The summed E-state index contributed by atoms with van der Waals surface area (Å²) in [5.41, 5.74) is 18.8. The topological polar surface area (TPSA) is 155 Å². The van der Waals surface area contributed by atoms with Gasteiger partial charge in [-0.1, -0.05) is 12.1 Å². The van der Waals surface area contributed by atoms with Gasteiger partial charge in [0, 0.05) is 30.4 Å². The minimum atomic E-state index is -0.871. The van der Waals surface area contributed by atoms with E-state index in [1.165, 1.54) is 11.8 Å². The molecule has 0 saturated heterocycles. The van der Waals surface area contributed by atoms with Gasteiger partial charge in [-0.25, -0.2) is 4.98 Å². The van der Waals surface area contributed by atoms with Crippen LogP contribution >= 0.6 is 0 Å². The fourth-order valence-electron chi connectivity index (χ4n) is 3.40. The molecule has 0 bridgehead atoms. The number of fused-ring (bicyclic) bond motifs is 1. The highest BCUT2D eigenvalue weighted by molar-refractivity contribution is 6.00. The number of hydrogen-bond acceptors (Lipinski definition) is 7. The average Bonchev–Trinajstić information content (AvgIpc) is 3.39. The number of pyridine rings is 1. The van der Waals surface area contributed by atoms with E-state index in [0.717, 1.165) is 12.1 Å². The van der Waals surface area contributed by atoms with Crippen molar-refractivity contribution in [3.63, 3.8) is 0 Å². The lowest BCUT2D eigenvalue weighted by atomic mass is 10.1. The third-order valence-corrected chi connectivity index (χ3v) is 5.04. The number of aryl methyl sites for hydroxylation is 1. The van der Waals surface area contributed by atoms with Crippen molar-refractivity contribution in [1.29, 1.82) is 0 Å². The van der Waals surface area contributed by atoms with Gasteiger partial charge in [-0.15, -0.1) is 0 Å². The summed E-state index contributed by atoms with van der Waals surface area (Å²) in [6.07, 6.45) is 2.40. The van der Waals surface area contributed by atoms with Crippen LogP contribution in [-0.2, 0) is 6.54 Å². The molecule has 0 spiro atoms. The van der Waals surface area contributed by atoms with Crippen LogP contribution in [0.3, 0.4) is 0 Å². The van der Waals surface area contributed by atoms with Gasteiger partial charge in [-0.2, -0.15) is 4.98 Å². The zero-order chi connectivity index (χ0) is 20.0. The van der Waals surface area contributed by atoms with Crippen LogP contribution in [0.1, 0.15) is 35.2 Å². The SMILES string of the molecule is CCn1c(N)c(C(N)=O)c(=O)c2cnc(Nc3ccc([C@@H]4C[C@H]4N)cc3)nc21. The molecule has 144 valence electrons. The fourth-order valence-corrected chi connectivity index (χ4v) is 3.40. The zero-order valence-electron chi connectivity index (χ0n) is 15.3. The Morgan fingerprint density at radius 1 is 1.32 bits per heavy atom. The van der Waals surface area contributed by atoms with E-state index in [2.05, 4.69) is 15.3 Å². The number of nitrogens with zero attached hydrogens (tertiary/aromatic N) is 3. The van der Waals surface area contributed by atoms with Gasteiger partial charge in [0.1, 0.15) is 11.4 Å². The first-order chi connectivity index (χ1) is 13.4. The summed E-state index contributed by atoms with van der Waals surface area (Å²) in [7, 11) is 0. The largest absolute Gasteiger partial charge is 0.384 e. The molecule has 9 nitrogen and oxygen atoms in total. The van der Waals surface area contributed by atoms with E-state index in [-0.39, 0.29) is 22.8 Å². The van der Waals surface area contributed by atoms with Gasteiger partial charge < -0.3 is 27.1 Å². The number of primary amides is 1. The first-order valence-electron chi connectivity index (χ1n) is 9.02. The summed E-state index contributed by atoms with van der Waals surface area (Å²) < 4.78 is 1.57. The van der Waals surface area contributed by atoms with Crippen LogP contribution in [0, 0.1) is 0 Å². The number of carbonyl (C=O) groups is 1. The monoisotopic (exact) mass is 379 g/mol. The fraction of sp³-hybridized carbons (Fsp3) is 0.263. The highest BCUT2D eigenvalue weighted by Gasteiger charge is 2.34. The summed E-state index contributed by atoms with van der Waals surface area (Å²) in [5, 5.41) is 3.31. The number of nitrogens with one attached hydrogen (secondary N) is 1. The third-order valence-electron chi connectivity index (χ3n) is 5.04. The molecule has 1 aromatic carbocycles. The molecule has 1 saturated carbocycles. The van der Waals surface area contributed by atoms with Gasteiger partial charge in [0.2, 0.25) is 11.4 Å². The molecule has 2 atom stereocenters. The molecule has 1 aliphatic carbocycles. The lowest BCUT2D eigenvalue weighted by Gasteiger charge is -2.14. The van der Waals surface area contributed by atoms with Crippen molar-refractivity contribution in [3.8, 4) is 0 Å². The molecule has 0 radical (unpaired) electrons. The van der Waals surface area contributed by atoms with Gasteiger partial charge in [-0.05, 0) is 31.0 Å². The van der Waals surface area contributed by atoms with Crippen LogP contribution in [0.15, 0.2) is 35.3 Å². The van der Waals surface area contributed by atoms with Crippen LogP contribution in [0.25, 0.3) is 11.0 Å². The maximum absolute atomic E-state index is 12.6. The smallest absolute Gasteiger partial charge is 0.256 e. The Kier molecular flexibility index (Phi) is 4.23. The molecule has 0 aliphatic heterocycles. The van der Waals surface area contributed by atoms with Crippen LogP contribution in [-0.4, -0.2) is 26.5 Å². The predicted octanol–water partition coefficient (Wildman–Crippen LogP) is 1.05. The van der Waals surface area contributed by atoms with Crippen molar-refractivity contribution in [3.05, 3.63) is 51.8 Å². The van der Waals surface area contributed by atoms with Crippen LogP contribution in [0.4, 0.5) is 17.5 Å². The first-order valence-corrected chi connectivity index (χ1v) is 9.02. The van der Waals surface area contributed by atoms with E-state index in [9.17, 15) is 9.59 Å². The van der Waals surface area contributed by atoms with Crippen molar-refractivity contribution in [2.75, 3.05) is 11.1 Å². The molecule has 2 aromatic heterocycles. The summed E-state index contributed by atoms with van der Waals surface area (Å²) in [6, 6.07) is 8.18. The average molecular weight is 379 g/mol. The second-order valence-corrected chi connectivity index (χ2v) is 6.88. The third kappa shape index (κ3) is 2.95. The van der Waals surface area contributed by atoms with Gasteiger partial charge in [-0.3, -0.25) is 9.59 Å².